The highest BCUT2D eigenvalue weighted by molar-refractivity contribution is 6.04. The van der Waals surface area contributed by atoms with Gasteiger partial charge in [-0.3, -0.25) is 9.78 Å². The van der Waals surface area contributed by atoms with E-state index in [4.69, 9.17) is 0 Å². The number of benzene rings is 2. The minimum atomic E-state index is -0.117. The van der Waals surface area contributed by atoms with Crippen LogP contribution < -0.4 is 10.6 Å². The number of hydrogen-bond donors (Lipinski definition) is 3. The summed E-state index contributed by atoms with van der Waals surface area (Å²) in [5, 5.41) is 4.87. The number of hydrogen-bond acceptors (Lipinski definition) is 2. The van der Waals surface area contributed by atoms with Crippen LogP contribution in [0.4, 0.5) is 17.3 Å². The van der Waals surface area contributed by atoms with Crippen LogP contribution in [0.5, 0.6) is 0 Å². The molecular formula is C17H17N4O+. The molecule has 0 fully saturated rings. The Bertz CT molecular complexity index is 767. The fourth-order valence-corrected chi connectivity index (χ4v) is 2.17. The van der Waals surface area contributed by atoms with E-state index in [0.29, 0.717) is 5.56 Å². The van der Waals surface area contributed by atoms with E-state index >= 15 is 0 Å². The summed E-state index contributed by atoms with van der Waals surface area (Å²) < 4.78 is 0. The number of imidazole rings is 1. The predicted molar refractivity (Wildman–Crippen MR) is 85.4 cm³/mol. The standard InChI is InChI=1S/C17H16N4O/c1-12-7-8-14(11-15(12)21-17-18-9-10-19-17)20-16(22)13-5-3-2-4-6-13/h2-11H,1H3,(H,20,22)(H2,18,19,21)/p+1. The van der Waals surface area contributed by atoms with Crippen molar-refractivity contribution in [3.8, 4) is 0 Å². The van der Waals surface area contributed by atoms with Crippen molar-refractivity contribution in [2.75, 3.05) is 5.32 Å². The van der Waals surface area contributed by atoms with Crippen molar-refractivity contribution in [2.24, 2.45) is 0 Å². The highest BCUT2D eigenvalue weighted by Crippen LogP contribution is 2.17. The van der Waals surface area contributed by atoms with Gasteiger partial charge in [0.15, 0.2) is 0 Å². The van der Waals surface area contributed by atoms with Crippen LogP contribution in [-0.4, -0.2) is 15.9 Å². The molecule has 0 aliphatic heterocycles. The zero-order valence-electron chi connectivity index (χ0n) is 12.2. The number of nitrogens with one attached hydrogen (secondary N) is 2. The number of aromatic amines is 1. The molecule has 1 aromatic heterocycles. The Balaban J connectivity index is 1.78. The highest BCUT2D eigenvalue weighted by Gasteiger charge is 2.10. The first kappa shape index (κ1) is 14.0. The summed E-state index contributed by atoms with van der Waals surface area (Å²) in [6.45, 7) is 2.03. The van der Waals surface area contributed by atoms with E-state index < -0.39 is 0 Å². The van der Waals surface area contributed by atoms with Gasteiger partial charge in [-0.05, 0) is 25.1 Å². The number of nitrogens with zero attached hydrogens (tertiary/aromatic N) is 1. The van der Waals surface area contributed by atoms with E-state index in [2.05, 4.69) is 15.3 Å². The van der Waals surface area contributed by atoms with Crippen LogP contribution >= 0.6 is 0 Å². The molecule has 22 heavy (non-hydrogen) atoms. The monoisotopic (exact) mass is 293 g/mol. The van der Waals surface area contributed by atoms with Crippen LogP contribution in [-0.2, 0) is 0 Å². The molecule has 0 spiro atoms. The second-order valence-electron chi connectivity index (χ2n) is 5.01. The van der Waals surface area contributed by atoms with Gasteiger partial charge in [-0.25, -0.2) is 5.32 Å². The lowest BCUT2D eigenvalue weighted by molar-refractivity contribution is -0.487. The summed E-state index contributed by atoms with van der Waals surface area (Å²) in [7, 11) is 0. The van der Waals surface area contributed by atoms with E-state index in [9.17, 15) is 4.79 Å². The zero-order chi connectivity index (χ0) is 15.4. The highest BCUT2D eigenvalue weighted by atomic mass is 16.1. The Morgan fingerprint density at radius 2 is 2.00 bits per heavy atom. The fraction of sp³-hybridized carbons (Fsp3) is 0.0588. The third kappa shape index (κ3) is 3.21. The van der Waals surface area contributed by atoms with Crippen molar-refractivity contribution in [1.29, 1.82) is 0 Å². The second kappa shape index (κ2) is 6.24. The maximum Gasteiger partial charge on any atom is 0.308 e. The minimum absolute atomic E-state index is 0.117. The van der Waals surface area contributed by atoms with Crippen molar-refractivity contribution in [3.63, 3.8) is 0 Å². The first-order chi connectivity index (χ1) is 10.7. The lowest BCUT2D eigenvalue weighted by atomic mass is 10.1. The number of nitrogens with two attached hydrogens (primary N) is 1. The number of aryl methyl sites for hydroxylation is 1. The maximum absolute atomic E-state index is 12.2. The molecule has 110 valence electrons. The van der Waals surface area contributed by atoms with Gasteiger partial charge >= 0.3 is 5.95 Å². The van der Waals surface area contributed by atoms with Gasteiger partial charge in [0.05, 0.1) is 6.20 Å². The third-order valence-corrected chi connectivity index (χ3v) is 3.38. The Hall–Kier alpha value is -2.92. The lowest BCUT2D eigenvalue weighted by Gasteiger charge is -2.08. The van der Waals surface area contributed by atoms with Gasteiger partial charge in [-0.2, -0.15) is 4.98 Å². The SMILES string of the molecule is Cc1ccc(NC(=O)c2ccccc2)cc1[NH2+]c1ncc[nH]1. The van der Waals surface area contributed by atoms with Crippen molar-refractivity contribution < 1.29 is 10.1 Å². The smallest absolute Gasteiger partial charge is 0.308 e. The van der Waals surface area contributed by atoms with E-state index in [0.717, 1.165) is 22.9 Å². The summed E-state index contributed by atoms with van der Waals surface area (Å²) in [5.74, 6) is 0.669. The van der Waals surface area contributed by atoms with Crippen molar-refractivity contribution in [1.82, 2.24) is 9.97 Å². The Morgan fingerprint density at radius 1 is 1.18 bits per heavy atom. The van der Waals surface area contributed by atoms with Crippen LogP contribution in [0, 0.1) is 6.92 Å². The third-order valence-electron chi connectivity index (χ3n) is 3.38. The molecule has 5 heteroatoms. The molecule has 0 aliphatic rings. The molecule has 2 aromatic carbocycles. The molecule has 5 nitrogen and oxygen atoms in total. The minimum Gasteiger partial charge on any atom is -0.322 e. The summed E-state index contributed by atoms with van der Waals surface area (Å²) in [4.78, 5) is 19.4. The van der Waals surface area contributed by atoms with E-state index in [-0.39, 0.29) is 5.91 Å². The van der Waals surface area contributed by atoms with Crippen molar-refractivity contribution in [2.45, 2.75) is 6.92 Å². The first-order valence-electron chi connectivity index (χ1n) is 7.03. The summed E-state index contributed by atoms with van der Waals surface area (Å²) in [5.41, 5.74) is 3.53. The van der Waals surface area contributed by atoms with Crippen LogP contribution in [0.2, 0.25) is 0 Å². The molecule has 0 bridgehead atoms. The summed E-state index contributed by atoms with van der Waals surface area (Å²) >= 11 is 0. The van der Waals surface area contributed by atoms with Gasteiger partial charge in [0.2, 0.25) is 0 Å². The Labute approximate surface area is 128 Å². The number of anilines is 1. The van der Waals surface area contributed by atoms with Crippen LogP contribution in [0.1, 0.15) is 15.9 Å². The van der Waals surface area contributed by atoms with Crippen molar-refractivity contribution >= 4 is 23.2 Å². The van der Waals surface area contributed by atoms with Crippen LogP contribution in [0.3, 0.4) is 0 Å². The normalized spacial score (nSPS) is 10.4. The molecular weight excluding hydrogens is 276 g/mol. The molecule has 0 saturated carbocycles. The molecule has 1 heterocycles. The lowest BCUT2D eigenvalue weighted by Crippen LogP contribution is -2.72. The van der Waals surface area contributed by atoms with Gasteiger partial charge in [0.25, 0.3) is 5.91 Å². The molecule has 3 aromatic rings. The zero-order valence-corrected chi connectivity index (χ0v) is 12.2. The van der Waals surface area contributed by atoms with E-state index in [1.807, 2.05) is 48.6 Å². The van der Waals surface area contributed by atoms with E-state index in [1.54, 1.807) is 24.5 Å². The quantitative estimate of drug-likeness (QED) is 0.647. The van der Waals surface area contributed by atoms with Gasteiger partial charge < -0.3 is 5.32 Å². The molecule has 0 saturated heterocycles. The van der Waals surface area contributed by atoms with Gasteiger partial charge in [-0.15, -0.1) is 0 Å². The molecule has 0 atom stereocenters. The van der Waals surface area contributed by atoms with Crippen LogP contribution in [0.15, 0.2) is 60.9 Å². The van der Waals surface area contributed by atoms with Crippen LogP contribution in [0.25, 0.3) is 0 Å². The number of H-pyrrole nitrogens is 1. The average Bonchev–Trinajstić information content (AvgIpc) is 3.04. The number of amides is 1. The fourth-order valence-electron chi connectivity index (χ4n) is 2.17. The van der Waals surface area contributed by atoms with Gasteiger partial charge in [-0.1, -0.05) is 24.3 Å². The number of carbonyl (C=O) groups excluding carboxylic acids is 1. The number of quaternary nitrogens is 1. The van der Waals surface area contributed by atoms with Gasteiger partial charge in [0.1, 0.15) is 5.69 Å². The molecule has 1 amide bonds. The predicted octanol–water partition coefficient (Wildman–Crippen LogP) is 2.50. The number of carbonyl (C=O) groups is 1. The number of rotatable bonds is 4. The molecule has 0 aliphatic carbocycles. The maximum atomic E-state index is 12.2. The first-order valence-corrected chi connectivity index (χ1v) is 7.03. The topological polar surface area (TPSA) is 74.4 Å². The summed E-state index contributed by atoms with van der Waals surface area (Å²) in [6.07, 6.45) is 3.49. The van der Waals surface area contributed by atoms with Gasteiger partial charge in [0, 0.05) is 29.1 Å². The van der Waals surface area contributed by atoms with Crippen molar-refractivity contribution in [3.05, 3.63) is 72.1 Å². The summed E-state index contributed by atoms with van der Waals surface area (Å²) in [6, 6.07) is 15.0. The Morgan fingerprint density at radius 3 is 2.73 bits per heavy atom. The molecule has 0 unspecified atom stereocenters. The van der Waals surface area contributed by atoms with E-state index in [1.165, 1.54) is 0 Å². The second-order valence-corrected chi connectivity index (χ2v) is 5.01. The molecule has 4 N–H and O–H groups in total. The number of aromatic nitrogens is 2. The largest absolute Gasteiger partial charge is 0.322 e. The molecule has 0 radical (unpaired) electrons. The Kier molecular flexibility index (Phi) is 3.98. The average molecular weight is 293 g/mol. The molecule has 3 rings (SSSR count).